The topological polar surface area (TPSA) is 29.5 Å². The van der Waals surface area contributed by atoms with Gasteiger partial charge in [-0.15, -0.1) is 0 Å². The number of aliphatic hydroxyl groups is 1. The summed E-state index contributed by atoms with van der Waals surface area (Å²) in [5.41, 5.74) is 1.50. The first-order chi connectivity index (χ1) is 9.54. The fourth-order valence-electron chi connectivity index (χ4n) is 1.90. The van der Waals surface area contributed by atoms with Crippen molar-refractivity contribution in [1.29, 1.82) is 0 Å². The zero-order valence-corrected chi connectivity index (χ0v) is 12.1. The van der Waals surface area contributed by atoms with E-state index >= 15 is 0 Å². The molecule has 1 unspecified atom stereocenters. The van der Waals surface area contributed by atoms with Crippen molar-refractivity contribution in [3.05, 3.63) is 64.1 Å². The lowest BCUT2D eigenvalue weighted by Crippen LogP contribution is -2.05. The van der Waals surface area contributed by atoms with Crippen molar-refractivity contribution in [3.8, 4) is 5.75 Å². The molecule has 2 rings (SSSR count). The van der Waals surface area contributed by atoms with Crippen LogP contribution >= 0.6 is 15.9 Å². The summed E-state index contributed by atoms with van der Waals surface area (Å²) < 4.78 is 29.6. The van der Waals surface area contributed by atoms with Crippen LogP contribution in [0, 0.1) is 0 Å². The van der Waals surface area contributed by atoms with E-state index in [0.717, 1.165) is 10.0 Å². The lowest BCUT2D eigenvalue weighted by Gasteiger charge is -2.13. The summed E-state index contributed by atoms with van der Waals surface area (Å²) in [5.74, 6) is 0.0470. The summed E-state index contributed by atoms with van der Waals surface area (Å²) in [6.07, 6.45) is -0.372. The van der Waals surface area contributed by atoms with Gasteiger partial charge < -0.3 is 9.84 Å². The van der Waals surface area contributed by atoms with Crippen molar-refractivity contribution in [2.75, 3.05) is 0 Å². The first-order valence-electron chi connectivity index (χ1n) is 6.02. The molecule has 1 N–H and O–H groups in total. The smallest absolute Gasteiger partial charge is 0.387 e. The molecule has 0 radical (unpaired) electrons. The highest BCUT2D eigenvalue weighted by molar-refractivity contribution is 9.10. The highest BCUT2D eigenvalue weighted by Gasteiger charge is 2.11. The second kappa shape index (κ2) is 6.81. The van der Waals surface area contributed by atoms with E-state index < -0.39 is 12.7 Å². The minimum atomic E-state index is -2.87. The van der Waals surface area contributed by atoms with E-state index in [1.165, 1.54) is 12.1 Å². The quantitative estimate of drug-likeness (QED) is 0.876. The molecule has 2 nitrogen and oxygen atoms in total. The van der Waals surface area contributed by atoms with Crippen molar-refractivity contribution < 1.29 is 18.6 Å². The van der Waals surface area contributed by atoms with Crippen LogP contribution in [0.3, 0.4) is 0 Å². The molecule has 5 heteroatoms. The maximum absolute atomic E-state index is 12.2. The Morgan fingerprint density at radius 1 is 1.10 bits per heavy atom. The van der Waals surface area contributed by atoms with E-state index in [1.54, 1.807) is 12.1 Å². The molecule has 2 aromatic carbocycles. The van der Waals surface area contributed by atoms with Crippen molar-refractivity contribution in [3.63, 3.8) is 0 Å². The molecular weight excluding hydrogens is 330 g/mol. The van der Waals surface area contributed by atoms with E-state index in [9.17, 15) is 13.9 Å². The first-order valence-corrected chi connectivity index (χ1v) is 6.81. The molecule has 0 saturated heterocycles. The van der Waals surface area contributed by atoms with Crippen molar-refractivity contribution >= 4 is 15.9 Å². The van der Waals surface area contributed by atoms with Crippen molar-refractivity contribution in [1.82, 2.24) is 0 Å². The summed E-state index contributed by atoms with van der Waals surface area (Å²) in [4.78, 5) is 0. The number of halogens is 3. The second-order valence-corrected chi connectivity index (χ2v) is 5.22. The number of rotatable bonds is 5. The molecule has 0 fully saturated rings. The third kappa shape index (κ3) is 4.28. The van der Waals surface area contributed by atoms with Crippen molar-refractivity contribution in [2.24, 2.45) is 0 Å². The van der Waals surface area contributed by atoms with Gasteiger partial charge in [0.1, 0.15) is 5.75 Å². The van der Waals surface area contributed by atoms with Gasteiger partial charge in [0.05, 0.1) is 6.10 Å². The number of aliphatic hydroxyl groups excluding tert-OH is 1. The van der Waals surface area contributed by atoms with E-state index in [4.69, 9.17) is 0 Å². The molecule has 2 aromatic rings. The molecular formula is C15H13BrF2O2. The molecule has 0 spiro atoms. The van der Waals surface area contributed by atoms with Crippen molar-refractivity contribution in [2.45, 2.75) is 19.1 Å². The Bertz CT molecular complexity index is 575. The Kier molecular flexibility index (Phi) is 5.09. The van der Waals surface area contributed by atoms with Gasteiger partial charge in [-0.2, -0.15) is 8.78 Å². The van der Waals surface area contributed by atoms with Gasteiger partial charge >= 0.3 is 6.61 Å². The normalized spacial score (nSPS) is 12.4. The summed E-state index contributed by atoms with van der Waals surface area (Å²) in [7, 11) is 0. The number of ether oxygens (including phenoxy) is 1. The van der Waals surface area contributed by atoms with Crippen LogP contribution < -0.4 is 4.74 Å². The maximum atomic E-state index is 12.2. The Morgan fingerprint density at radius 2 is 1.85 bits per heavy atom. The molecule has 0 aromatic heterocycles. The number of alkyl halides is 2. The minimum Gasteiger partial charge on any atom is -0.435 e. The van der Waals surface area contributed by atoms with Crippen LogP contribution in [-0.4, -0.2) is 11.7 Å². The Hall–Kier alpha value is -1.46. The van der Waals surface area contributed by atoms with E-state index in [2.05, 4.69) is 20.7 Å². The Morgan fingerprint density at radius 3 is 2.55 bits per heavy atom. The molecule has 0 aliphatic heterocycles. The first kappa shape index (κ1) is 14.9. The van der Waals surface area contributed by atoms with Crippen LogP contribution in [0.1, 0.15) is 17.2 Å². The zero-order valence-electron chi connectivity index (χ0n) is 10.5. The standard InChI is InChI=1S/C15H13BrF2O2/c16-12-5-1-3-10(7-12)8-14(19)11-4-2-6-13(9-11)20-15(17)18/h1-7,9,14-15,19H,8H2. The predicted molar refractivity (Wildman–Crippen MR) is 75.9 cm³/mol. The fraction of sp³-hybridized carbons (Fsp3) is 0.200. The van der Waals surface area contributed by atoms with Gasteiger partial charge in [0.15, 0.2) is 0 Å². The third-order valence-corrected chi connectivity index (χ3v) is 3.28. The molecule has 0 heterocycles. The molecule has 0 bridgehead atoms. The van der Waals surface area contributed by atoms with Gasteiger partial charge in [0, 0.05) is 10.9 Å². The van der Waals surface area contributed by atoms with E-state index in [-0.39, 0.29) is 5.75 Å². The highest BCUT2D eigenvalue weighted by Crippen LogP contribution is 2.24. The monoisotopic (exact) mass is 342 g/mol. The average Bonchev–Trinajstić information content (AvgIpc) is 2.38. The highest BCUT2D eigenvalue weighted by atomic mass is 79.9. The fourth-order valence-corrected chi connectivity index (χ4v) is 2.35. The van der Waals surface area contributed by atoms with Gasteiger partial charge in [0.2, 0.25) is 0 Å². The number of hydrogen-bond donors (Lipinski definition) is 1. The summed E-state index contributed by atoms with van der Waals surface area (Å²) >= 11 is 3.36. The van der Waals surface area contributed by atoms with Crippen LogP contribution in [-0.2, 0) is 6.42 Å². The van der Waals surface area contributed by atoms with Crippen LogP contribution in [0.2, 0.25) is 0 Å². The maximum Gasteiger partial charge on any atom is 0.387 e. The van der Waals surface area contributed by atoms with Crippen LogP contribution in [0.4, 0.5) is 8.78 Å². The van der Waals surface area contributed by atoms with Gasteiger partial charge in [-0.05, 0) is 35.4 Å². The van der Waals surface area contributed by atoms with Gasteiger partial charge in [-0.3, -0.25) is 0 Å². The molecule has 0 amide bonds. The Labute approximate surface area is 124 Å². The average molecular weight is 343 g/mol. The lowest BCUT2D eigenvalue weighted by molar-refractivity contribution is -0.0499. The third-order valence-electron chi connectivity index (χ3n) is 2.79. The van der Waals surface area contributed by atoms with Gasteiger partial charge in [0.25, 0.3) is 0 Å². The largest absolute Gasteiger partial charge is 0.435 e. The molecule has 0 aliphatic carbocycles. The number of benzene rings is 2. The van der Waals surface area contributed by atoms with Crippen LogP contribution in [0.25, 0.3) is 0 Å². The minimum absolute atomic E-state index is 0.0470. The lowest BCUT2D eigenvalue weighted by atomic mass is 10.0. The molecule has 20 heavy (non-hydrogen) atoms. The van der Waals surface area contributed by atoms with Gasteiger partial charge in [-0.25, -0.2) is 0 Å². The second-order valence-electron chi connectivity index (χ2n) is 4.30. The van der Waals surface area contributed by atoms with Gasteiger partial charge in [-0.1, -0.05) is 40.2 Å². The molecule has 0 saturated carbocycles. The van der Waals surface area contributed by atoms with E-state index in [0.29, 0.717) is 12.0 Å². The number of hydrogen-bond acceptors (Lipinski definition) is 2. The summed E-state index contributed by atoms with van der Waals surface area (Å²) in [6.45, 7) is -2.87. The van der Waals surface area contributed by atoms with Crippen LogP contribution in [0.5, 0.6) is 5.75 Å². The molecule has 0 aliphatic rings. The zero-order chi connectivity index (χ0) is 14.5. The molecule has 106 valence electrons. The summed E-state index contributed by atoms with van der Waals surface area (Å²) in [5, 5.41) is 10.2. The SMILES string of the molecule is OC(Cc1cccc(Br)c1)c1cccc(OC(F)F)c1. The van der Waals surface area contributed by atoms with E-state index in [1.807, 2.05) is 24.3 Å². The summed E-state index contributed by atoms with van der Waals surface area (Å²) in [6, 6.07) is 13.7. The molecule has 1 atom stereocenters. The van der Waals surface area contributed by atoms with Crippen LogP contribution in [0.15, 0.2) is 53.0 Å². The predicted octanol–water partition coefficient (Wildman–Crippen LogP) is 4.33. The Balaban J connectivity index is 2.10.